The van der Waals surface area contributed by atoms with E-state index >= 15 is 0 Å². The lowest BCUT2D eigenvalue weighted by Crippen LogP contribution is -2.53. The summed E-state index contributed by atoms with van der Waals surface area (Å²) in [7, 11) is 0. The molecule has 150 valence electrons. The molecule has 1 aromatic rings. The van der Waals surface area contributed by atoms with E-state index in [1.807, 2.05) is 4.80 Å². The zero-order valence-electron chi connectivity index (χ0n) is 17.2. The van der Waals surface area contributed by atoms with Crippen LogP contribution in [0.2, 0.25) is 0 Å². The molecule has 4 nitrogen and oxygen atoms in total. The second-order valence-corrected chi connectivity index (χ2v) is 10.8. The molecular weight excluding hydrogens is 334 g/mol. The van der Waals surface area contributed by atoms with Gasteiger partial charge in [0.2, 0.25) is 0 Å². The Balaban J connectivity index is 1.32. The Hall–Kier alpha value is -0.900. The van der Waals surface area contributed by atoms with Crippen LogP contribution < -0.4 is 0 Å². The van der Waals surface area contributed by atoms with Crippen LogP contribution in [0.3, 0.4) is 0 Å². The molecule has 1 aromatic heterocycles. The van der Waals surface area contributed by atoms with Crippen molar-refractivity contribution in [2.75, 3.05) is 0 Å². The average molecular weight is 372 g/mol. The highest BCUT2D eigenvalue weighted by atomic mass is 16.3. The first kappa shape index (κ1) is 18.1. The van der Waals surface area contributed by atoms with Crippen molar-refractivity contribution in [3.05, 3.63) is 12.4 Å². The molecule has 4 fully saturated rings. The first-order chi connectivity index (χ1) is 13.0. The Morgan fingerprint density at radius 3 is 2.48 bits per heavy atom. The summed E-state index contributed by atoms with van der Waals surface area (Å²) in [5.74, 6) is 4.39. The molecule has 1 heterocycles. The maximum absolute atomic E-state index is 10.2. The van der Waals surface area contributed by atoms with Crippen molar-refractivity contribution in [1.82, 2.24) is 15.0 Å². The van der Waals surface area contributed by atoms with Gasteiger partial charge in [0.05, 0.1) is 25.0 Å². The molecule has 4 aliphatic rings. The third-order valence-corrected chi connectivity index (χ3v) is 9.98. The van der Waals surface area contributed by atoms with E-state index in [1.54, 1.807) is 12.4 Å². The van der Waals surface area contributed by atoms with Crippen LogP contribution in [-0.4, -0.2) is 26.2 Å². The van der Waals surface area contributed by atoms with Crippen molar-refractivity contribution in [1.29, 1.82) is 0 Å². The standard InChI is InChI=1S/C23H37N3O/c1-22-11-8-21-19(5-3-17-15-18(27)7-10-23(17,21)2)20(22)6-4-16(22)9-14-26-24-12-13-25-26/h12-13,16-21,27H,3-11,14-15H2,1-2H3/t16-,17-,18-,19+,20+,21+,22-,23+/m1/s1. The van der Waals surface area contributed by atoms with Gasteiger partial charge in [-0.1, -0.05) is 13.8 Å². The highest BCUT2D eigenvalue weighted by molar-refractivity contribution is 5.09. The summed E-state index contributed by atoms with van der Waals surface area (Å²) >= 11 is 0. The van der Waals surface area contributed by atoms with Gasteiger partial charge >= 0.3 is 0 Å². The van der Waals surface area contributed by atoms with E-state index in [0.29, 0.717) is 10.8 Å². The van der Waals surface area contributed by atoms with E-state index in [9.17, 15) is 5.11 Å². The Kier molecular flexibility index (Phi) is 4.42. The van der Waals surface area contributed by atoms with Crippen molar-refractivity contribution in [2.45, 2.75) is 90.7 Å². The number of nitrogens with zero attached hydrogens (tertiary/aromatic N) is 3. The fourth-order valence-corrected chi connectivity index (χ4v) is 8.45. The number of aliphatic hydroxyl groups is 1. The first-order valence-corrected chi connectivity index (χ1v) is 11.5. The second kappa shape index (κ2) is 6.57. The fourth-order valence-electron chi connectivity index (χ4n) is 8.45. The van der Waals surface area contributed by atoms with Crippen molar-refractivity contribution in [3.63, 3.8) is 0 Å². The molecule has 0 radical (unpaired) electrons. The Morgan fingerprint density at radius 2 is 1.67 bits per heavy atom. The van der Waals surface area contributed by atoms with Gasteiger partial charge in [-0.25, -0.2) is 0 Å². The third-order valence-electron chi connectivity index (χ3n) is 9.98. The van der Waals surface area contributed by atoms with Crippen LogP contribution in [0.25, 0.3) is 0 Å². The molecule has 0 bridgehead atoms. The van der Waals surface area contributed by atoms with Crippen molar-refractivity contribution in [3.8, 4) is 0 Å². The summed E-state index contributed by atoms with van der Waals surface area (Å²) < 4.78 is 0. The minimum atomic E-state index is -0.0275. The quantitative estimate of drug-likeness (QED) is 0.839. The lowest BCUT2D eigenvalue weighted by atomic mass is 9.44. The van der Waals surface area contributed by atoms with Gasteiger partial charge in [-0.2, -0.15) is 15.0 Å². The average Bonchev–Trinajstić information content (AvgIpc) is 3.28. The molecule has 4 saturated carbocycles. The van der Waals surface area contributed by atoms with Gasteiger partial charge < -0.3 is 5.11 Å². The van der Waals surface area contributed by atoms with E-state index in [1.165, 1.54) is 51.4 Å². The van der Waals surface area contributed by atoms with Crippen LogP contribution in [0, 0.1) is 40.4 Å². The molecule has 4 heteroatoms. The number of aliphatic hydroxyl groups excluding tert-OH is 1. The topological polar surface area (TPSA) is 50.9 Å². The summed E-state index contributed by atoms with van der Waals surface area (Å²) in [6.45, 7) is 6.20. The van der Waals surface area contributed by atoms with Gasteiger partial charge in [0.1, 0.15) is 0 Å². The van der Waals surface area contributed by atoms with E-state index < -0.39 is 0 Å². The van der Waals surface area contributed by atoms with Gasteiger partial charge in [-0.05, 0) is 105 Å². The first-order valence-electron chi connectivity index (χ1n) is 11.5. The third kappa shape index (κ3) is 2.81. The van der Waals surface area contributed by atoms with Crippen LogP contribution in [0.4, 0.5) is 0 Å². The van der Waals surface area contributed by atoms with E-state index in [0.717, 1.165) is 49.0 Å². The van der Waals surface area contributed by atoms with Crippen molar-refractivity contribution >= 4 is 0 Å². The van der Waals surface area contributed by atoms with Gasteiger partial charge in [-0.3, -0.25) is 0 Å². The molecule has 0 unspecified atom stereocenters. The SMILES string of the molecule is C[C@]12CC[C@@H](O)C[C@H]1CC[C@@H]1[C@@H]2CC[C@]2(C)[C@@H](CCn3nccn3)CC[C@@H]12. The number of aryl methyl sites for hydroxylation is 1. The molecule has 0 spiro atoms. The Morgan fingerprint density at radius 1 is 0.926 bits per heavy atom. The van der Waals surface area contributed by atoms with E-state index in [2.05, 4.69) is 24.0 Å². The fraction of sp³-hybridized carbons (Fsp3) is 0.913. The largest absolute Gasteiger partial charge is 0.393 e. The molecule has 1 N–H and O–H groups in total. The van der Waals surface area contributed by atoms with Crippen LogP contribution >= 0.6 is 0 Å². The smallest absolute Gasteiger partial charge is 0.0693 e. The molecule has 0 aliphatic heterocycles. The molecule has 0 amide bonds. The number of hydrogen-bond donors (Lipinski definition) is 1. The van der Waals surface area contributed by atoms with Crippen molar-refractivity contribution < 1.29 is 5.11 Å². The van der Waals surface area contributed by atoms with Gasteiger partial charge in [0, 0.05) is 0 Å². The highest BCUT2D eigenvalue weighted by Gasteiger charge is 2.59. The maximum atomic E-state index is 10.2. The zero-order chi connectivity index (χ0) is 18.6. The summed E-state index contributed by atoms with van der Waals surface area (Å²) in [6.07, 6.45) is 16.7. The van der Waals surface area contributed by atoms with Gasteiger partial charge in [-0.15, -0.1) is 0 Å². The second-order valence-electron chi connectivity index (χ2n) is 10.8. The number of aromatic nitrogens is 3. The summed E-state index contributed by atoms with van der Waals surface area (Å²) in [5, 5.41) is 18.8. The van der Waals surface area contributed by atoms with Crippen molar-refractivity contribution in [2.24, 2.45) is 40.4 Å². The number of rotatable bonds is 3. The van der Waals surface area contributed by atoms with Crippen LogP contribution in [0.1, 0.15) is 78.1 Å². The molecule has 0 aromatic carbocycles. The molecular formula is C23H37N3O. The van der Waals surface area contributed by atoms with Crippen LogP contribution in [0.15, 0.2) is 12.4 Å². The predicted octanol–water partition coefficient (Wildman–Crippen LogP) is 4.69. The normalized spacial score (nSPS) is 49.3. The molecule has 8 atom stereocenters. The maximum Gasteiger partial charge on any atom is 0.0693 e. The summed E-state index contributed by atoms with van der Waals surface area (Å²) in [6, 6.07) is 0. The van der Waals surface area contributed by atoms with Crippen LogP contribution in [0.5, 0.6) is 0 Å². The van der Waals surface area contributed by atoms with E-state index in [-0.39, 0.29) is 6.10 Å². The minimum Gasteiger partial charge on any atom is -0.393 e. The highest BCUT2D eigenvalue weighted by Crippen LogP contribution is 2.67. The Labute approximate surface area is 164 Å². The van der Waals surface area contributed by atoms with Gasteiger partial charge in [0.25, 0.3) is 0 Å². The zero-order valence-corrected chi connectivity index (χ0v) is 17.2. The van der Waals surface area contributed by atoms with Crippen LogP contribution in [-0.2, 0) is 6.54 Å². The molecule has 5 rings (SSSR count). The molecule has 27 heavy (non-hydrogen) atoms. The lowest BCUT2D eigenvalue weighted by Gasteiger charge is -2.61. The summed E-state index contributed by atoms with van der Waals surface area (Å²) in [4.78, 5) is 1.88. The number of fused-ring (bicyclic) bond motifs is 5. The predicted molar refractivity (Wildman–Crippen MR) is 106 cm³/mol. The Bertz CT molecular complexity index is 661. The minimum absolute atomic E-state index is 0.0275. The molecule has 4 aliphatic carbocycles. The monoisotopic (exact) mass is 371 g/mol. The number of hydrogen-bond acceptors (Lipinski definition) is 3. The summed E-state index contributed by atoms with van der Waals surface area (Å²) in [5.41, 5.74) is 1.03. The van der Waals surface area contributed by atoms with Gasteiger partial charge in [0.15, 0.2) is 0 Å². The molecule has 0 saturated heterocycles. The van der Waals surface area contributed by atoms with E-state index in [4.69, 9.17) is 0 Å². The lowest BCUT2D eigenvalue weighted by molar-refractivity contribution is -0.127.